The molecule has 0 spiro atoms. The maximum atomic E-state index is 13.1. The molecular weight excluding hydrogens is 345 g/mol. The van der Waals surface area contributed by atoms with Crippen molar-refractivity contribution in [2.24, 2.45) is 0 Å². The fourth-order valence-electron chi connectivity index (χ4n) is 2.04. The average molecular weight is 364 g/mol. The fourth-order valence-corrected chi connectivity index (χ4v) is 2.22. The van der Waals surface area contributed by atoms with Crippen molar-refractivity contribution < 1.29 is 14.0 Å². The zero-order valence-electron chi connectivity index (χ0n) is 13.7. The lowest BCUT2D eigenvalue weighted by Crippen LogP contribution is -2.24. The molecule has 2 rings (SSSR count). The maximum Gasteiger partial charge on any atom is 0.251 e. The highest BCUT2D eigenvalue weighted by molar-refractivity contribution is 6.31. The Kier molecular flexibility index (Phi) is 6.77. The van der Waals surface area contributed by atoms with Crippen molar-refractivity contribution in [1.82, 2.24) is 5.32 Å². The van der Waals surface area contributed by atoms with Crippen LogP contribution in [0.25, 0.3) is 0 Å². The lowest BCUT2D eigenvalue weighted by atomic mass is 10.2. The molecule has 0 unspecified atom stereocenters. The van der Waals surface area contributed by atoms with E-state index in [4.69, 9.17) is 11.6 Å². The van der Waals surface area contributed by atoms with Crippen molar-refractivity contribution in [1.29, 1.82) is 0 Å². The predicted molar refractivity (Wildman–Crippen MR) is 97.6 cm³/mol. The summed E-state index contributed by atoms with van der Waals surface area (Å²) < 4.78 is 13.1. The van der Waals surface area contributed by atoms with Crippen molar-refractivity contribution in [2.45, 2.75) is 13.3 Å². The molecule has 2 aromatic rings. The lowest BCUT2D eigenvalue weighted by Gasteiger charge is -2.09. The molecule has 2 aromatic carbocycles. The summed E-state index contributed by atoms with van der Waals surface area (Å²) in [5, 5.41) is 8.34. The van der Waals surface area contributed by atoms with E-state index >= 15 is 0 Å². The van der Waals surface area contributed by atoms with Gasteiger partial charge in [0.15, 0.2) is 0 Å². The molecule has 2 amide bonds. The highest BCUT2D eigenvalue weighted by Gasteiger charge is 2.07. The fraction of sp³-hybridized carbons (Fsp3) is 0.222. The molecule has 25 heavy (non-hydrogen) atoms. The van der Waals surface area contributed by atoms with Crippen LogP contribution in [0.5, 0.6) is 0 Å². The largest absolute Gasteiger partial charge is 0.376 e. The minimum atomic E-state index is -0.514. The number of anilines is 2. The van der Waals surface area contributed by atoms with Gasteiger partial charge in [-0.25, -0.2) is 4.39 Å². The minimum absolute atomic E-state index is 0.000693. The second-order valence-electron chi connectivity index (χ2n) is 5.36. The summed E-state index contributed by atoms with van der Waals surface area (Å²) >= 11 is 5.68. The molecule has 0 saturated carbocycles. The van der Waals surface area contributed by atoms with Gasteiger partial charge < -0.3 is 16.0 Å². The lowest BCUT2D eigenvalue weighted by molar-refractivity contribution is -0.114. The first-order valence-electron chi connectivity index (χ1n) is 7.86. The summed E-state index contributed by atoms with van der Waals surface area (Å²) in [7, 11) is 0. The number of rotatable bonds is 7. The summed E-state index contributed by atoms with van der Waals surface area (Å²) in [6, 6.07) is 10.7. The van der Waals surface area contributed by atoms with Crippen LogP contribution in [-0.2, 0) is 4.79 Å². The Morgan fingerprint density at radius 3 is 2.40 bits per heavy atom. The van der Waals surface area contributed by atoms with E-state index in [9.17, 15) is 14.0 Å². The molecule has 0 aliphatic rings. The van der Waals surface area contributed by atoms with Gasteiger partial charge in [-0.15, -0.1) is 0 Å². The number of hydrogen-bond donors (Lipinski definition) is 3. The Bertz CT molecular complexity index is 750. The van der Waals surface area contributed by atoms with E-state index in [0.29, 0.717) is 23.5 Å². The molecule has 0 atom stereocenters. The van der Waals surface area contributed by atoms with Crippen molar-refractivity contribution in [3.63, 3.8) is 0 Å². The van der Waals surface area contributed by atoms with Gasteiger partial charge in [-0.3, -0.25) is 9.59 Å². The van der Waals surface area contributed by atoms with Crippen LogP contribution in [-0.4, -0.2) is 24.9 Å². The van der Waals surface area contributed by atoms with Crippen LogP contribution in [0.3, 0.4) is 0 Å². The molecule has 0 aliphatic heterocycles. The van der Waals surface area contributed by atoms with E-state index < -0.39 is 5.82 Å². The summed E-state index contributed by atoms with van der Waals surface area (Å²) in [5.74, 6) is -0.932. The van der Waals surface area contributed by atoms with Crippen LogP contribution in [0.4, 0.5) is 15.8 Å². The van der Waals surface area contributed by atoms with E-state index in [1.165, 1.54) is 18.2 Å². The summed E-state index contributed by atoms with van der Waals surface area (Å²) in [6.07, 6.45) is 0.867. The molecule has 0 heterocycles. The van der Waals surface area contributed by atoms with Crippen molar-refractivity contribution >= 4 is 34.8 Å². The SMILES string of the molecule is CCCNC(=O)c1ccc(NC(=O)CNc2ccc(F)c(Cl)c2)cc1. The standard InChI is InChI=1S/C18H19ClFN3O2/c1-2-9-21-18(25)12-3-5-13(6-4-12)23-17(24)11-22-14-7-8-16(20)15(19)10-14/h3-8,10,22H,2,9,11H2,1H3,(H,21,25)(H,23,24). The van der Waals surface area contributed by atoms with Crippen LogP contribution in [0.2, 0.25) is 5.02 Å². The molecule has 0 aliphatic carbocycles. The first kappa shape index (κ1) is 18.7. The predicted octanol–water partition coefficient (Wildman–Crippen LogP) is 3.67. The van der Waals surface area contributed by atoms with Gasteiger partial charge in [-0.05, 0) is 48.9 Å². The second-order valence-corrected chi connectivity index (χ2v) is 5.77. The zero-order valence-corrected chi connectivity index (χ0v) is 14.5. The van der Waals surface area contributed by atoms with Gasteiger partial charge in [0.2, 0.25) is 5.91 Å². The molecule has 0 bridgehead atoms. The number of amides is 2. The monoisotopic (exact) mass is 363 g/mol. The number of nitrogens with one attached hydrogen (secondary N) is 3. The summed E-state index contributed by atoms with van der Waals surface area (Å²) in [4.78, 5) is 23.7. The number of halogens is 2. The van der Waals surface area contributed by atoms with Crippen molar-refractivity contribution in [2.75, 3.05) is 23.7 Å². The van der Waals surface area contributed by atoms with E-state index in [1.54, 1.807) is 24.3 Å². The third-order valence-corrected chi connectivity index (χ3v) is 3.63. The number of carbonyl (C=O) groups excluding carboxylic acids is 2. The molecule has 0 radical (unpaired) electrons. The summed E-state index contributed by atoms with van der Waals surface area (Å²) in [6.45, 7) is 2.60. The average Bonchev–Trinajstić information content (AvgIpc) is 2.61. The van der Waals surface area contributed by atoms with Gasteiger partial charge in [0.05, 0.1) is 11.6 Å². The molecule has 3 N–H and O–H groups in total. The molecule has 0 fully saturated rings. The molecule has 132 valence electrons. The normalized spacial score (nSPS) is 10.2. The maximum absolute atomic E-state index is 13.1. The Balaban J connectivity index is 1.85. The van der Waals surface area contributed by atoms with Crippen LogP contribution in [0.15, 0.2) is 42.5 Å². The van der Waals surface area contributed by atoms with Crippen LogP contribution in [0.1, 0.15) is 23.7 Å². The Labute approximate surface area is 150 Å². The van der Waals surface area contributed by atoms with Crippen molar-refractivity contribution in [3.8, 4) is 0 Å². The molecular formula is C18H19ClFN3O2. The molecule has 0 saturated heterocycles. The Morgan fingerprint density at radius 1 is 1.08 bits per heavy atom. The Hall–Kier alpha value is -2.60. The molecule has 7 heteroatoms. The zero-order chi connectivity index (χ0) is 18.2. The topological polar surface area (TPSA) is 70.2 Å². The smallest absolute Gasteiger partial charge is 0.251 e. The van der Waals surface area contributed by atoms with Crippen LogP contribution in [0, 0.1) is 5.82 Å². The molecule has 5 nitrogen and oxygen atoms in total. The van der Waals surface area contributed by atoms with Gasteiger partial charge in [0, 0.05) is 23.5 Å². The second kappa shape index (κ2) is 9.03. The molecule has 0 aromatic heterocycles. The van der Waals surface area contributed by atoms with Gasteiger partial charge in [0.1, 0.15) is 5.82 Å². The van der Waals surface area contributed by atoms with Crippen LogP contribution < -0.4 is 16.0 Å². The summed E-state index contributed by atoms with van der Waals surface area (Å²) in [5.41, 5.74) is 1.66. The highest BCUT2D eigenvalue weighted by Crippen LogP contribution is 2.19. The van der Waals surface area contributed by atoms with Crippen molar-refractivity contribution in [3.05, 3.63) is 58.9 Å². The van der Waals surface area contributed by atoms with Gasteiger partial charge in [-0.2, -0.15) is 0 Å². The number of hydrogen-bond acceptors (Lipinski definition) is 3. The first-order valence-corrected chi connectivity index (χ1v) is 8.24. The van der Waals surface area contributed by atoms with Gasteiger partial charge >= 0.3 is 0 Å². The first-order chi connectivity index (χ1) is 12.0. The number of benzene rings is 2. The minimum Gasteiger partial charge on any atom is -0.376 e. The van der Waals surface area contributed by atoms with E-state index in [1.807, 2.05) is 6.92 Å². The van der Waals surface area contributed by atoms with Gasteiger partial charge in [-0.1, -0.05) is 18.5 Å². The Morgan fingerprint density at radius 2 is 1.76 bits per heavy atom. The third kappa shape index (κ3) is 5.76. The van der Waals surface area contributed by atoms with E-state index in [0.717, 1.165) is 6.42 Å². The van der Waals surface area contributed by atoms with E-state index in [-0.39, 0.29) is 23.4 Å². The quantitative estimate of drug-likeness (QED) is 0.703. The van der Waals surface area contributed by atoms with Crippen LogP contribution >= 0.6 is 11.6 Å². The van der Waals surface area contributed by atoms with Gasteiger partial charge in [0.25, 0.3) is 5.91 Å². The highest BCUT2D eigenvalue weighted by atomic mass is 35.5. The third-order valence-electron chi connectivity index (χ3n) is 3.34. The van der Waals surface area contributed by atoms with E-state index in [2.05, 4.69) is 16.0 Å². The number of carbonyl (C=O) groups is 2.